The Bertz CT molecular complexity index is 5630. The minimum atomic E-state index is -5.08. The van der Waals surface area contributed by atoms with Crippen LogP contribution < -0.4 is 4.90 Å². The van der Waals surface area contributed by atoms with Gasteiger partial charge in [-0.3, -0.25) is 15.0 Å². The average molecular weight is 1550 g/mol. The van der Waals surface area contributed by atoms with E-state index in [0.717, 1.165) is 0 Å². The number of hydrogen-bond donors (Lipinski definition) is 3. The van der Waals surface area contributed by atoms with E-state index in [1.54, 1.807) is 166 Å². The van der Waals surface area contributed by atoms with E-state index in [9.17, 15) is 33.3 Å². The van der Waals surface area contributed by atoms with Crippen molar-refractivity contribution in [2.24, 2.45) is 18.9 Å². The molecule has 7 aromatic heterocycles. The van der Waals surface area contributed by atoms with Gasteiger partial charge in [-0.2, -0.15) is 26.3 Å². The van der Waals surface area contributed by atoms with Crippen LogP contribution in [-0.2, 0) is 40.9 Å². The molecule has 3 N–H and O–H groups in total. The molecular weight excluding hydrogens is 1480 g/mol. The average Bonchev–Trinajstić information content (AvgIpc) is 1.70. The van der Waals surface area contributed by atoms with E-state index in [1.165, 1.54) is 53.5 Å². The summed E-state index contributed by atoms with van der Waals surface area (Å²) in [6, 6.07) is 49.5. The van der Waals surface area contributed by atoms with Gasteiger partial charge in [0.1, 0.15) is 27.8 Å². The number of carbonyl (C=O) groups excluding carboxylic acids is 1. The molecule has 2 fully saturated rings. The first-order chi connectivity index (χ1) is 52.1. The number of benzene rings is 6. The number of amides is 1. The third-order valence-electron chi connectivity index (χ3n) is 20.9. The zero-order valence-corrected chi connectivity index (χ0v) is 62.0. The van der Waals surface area contributed by atoms with Crippen molar-refractivity contribution in [1.29, 1.82) is 0 Å². The molecule has 1 amide bonds. The van der Waals surface area contributed by atoms with E-state index >= 15 is 13.2 Å². The summed E-state index contributed by atoms with van der Waals surface area (Å²) in [6.07, 6.45) is -2.00. The van der Waals surface area contributed by atoms with E-state index in [0.29, 0.717) is 38.8 Å². The Morgan fingerprint density at radius 2 is 1.02 bits per heavy atom. The zero-order valence-electron chi connectivity index (χ0n) is 58.9. The number of hydrogen-bond acceptors (Lipinski definition) is 13. The number of aliphatic hydroxyl groups is 3. The Kier molecular flexibility index (Phi) is 19.6. The molecule has 2 saturated heterocycles. The number of pyridine rings is 6. The Balaban J connectivity index is 0.899. The second kappa shape index (κ2) is 28.7. The molecule has 13 aromatic rings. The number of alkyl halides is 6. The molecule has 0 radical (unpaired) electrons. The van der Waals surface area contributed by atoms with Crippen molar-refractivity contribution in [3.63, 3.8) is 0 Å². The largest absolute Gasteiger partial charge is 0.444 e. The molecule has 554 valence electrons. The molecule has 15 rings (SSSR count). The molecule has 15 nitrogen and oxygen atoms in total. The number of likely N-dealkylation sites (tertiary alicyclic amines) is 1. The summed E-state index contributed by atoms with van der Waals surface area (Å²) < 4.78 is 100.0. The molecule has 2 aliphatic heterocycles. The van der Waals surface area contributed by atoms with Crippen molar-refractivity contribution in [3.8, 4) is 44.8 Å². The van der Waals surface area contributed by atoms with Gasteiger partial charge in [-0.15, -0.1) is 0 Å². The molecule has 3 atom stereocenters. The summed E-state index contributed by atoms with van der Waals surface area (Å²) in [5.74, 6) is -1.31. The van der Waals surface area contributed by atoms with Crippen LogP contribution in [0.5, 0.6) is 0 Å². The normalized spacial score (nSPS) is 16.0. The van der Waals surface area contributed by atoms with Crippen LogP contribution in [0.1, 0.15) is 97.2 Å². The molecule has 0 aliphatic carbocycles. The van der Waals surface area contributed by atoms with Crippen LogP contribution in [0.25, 0.3) is 77.5 Å². The fourth-order valence-corrected chi connectivity index (χ4v) is 17.0. The SMILES string of the molecule is Cn1c(C(O)(c2cc(N3CCC(C(O)(c4ccc5nc(C(F)(F)F)c(-c6ccccc6)c(Cl)c5c4)c4ccccn4)CC3)c3nc(Cl)c(-c4ccccc4)c(Cl)c3c2)c2ccccn2)cnc1-c1cc(C(O)(c2cccnc2)C2CCN(C(=O)OC(C)(C)C)CC2)cc2c(Cl)c(-c3ccccc3)c(C(F)(F)F)nc12. The number of rotatable bonds is 14. The highest BCUT2D eigenvalue weighted by Crippen LogP contribution is 2.53. The number of ether oxygens (including phenoxy) is 1. The number of aromatic nitrogens is 8. The Morgan fingerprint density at radius 3 is 1.59 bits per heavy atom. The lowest BCUT2D eigenvalue weighted by Gasteiger charge is -2.42. The second-order valence-corrected chi connectivity index (χ2v) is 30.0. The van der Waals surface area contributed by atoms with Gasteiger partial charge in [0.25, 0.3) is 0 Å². The fourth-order valence-electron chi connectivity index (χ4n) is 15.7. The van der Waals surface area contributed by atoms with Gasteiger partial charge in [0.2, 0.25) is 0 Å². The van der Waals surface area contributed by atoms with Crippen molar-refractivity contribution in [3.05, 3.63) is 284 Å². The minimum absolute atomic E-state index is 0.0230. The number of piperidine rings is 2. The lowest BCUT2D eigenvalue weighted by atomic mass is 9.71. The highest BCUT2D eigenvalue weighted by atomic mass is 35.5. The van der Waals surface area contributed by atoms with E-state index < -0.39 is 69.6 Å². The Hall–Kier alpha value is -10.1. The summed E-state index contributed by atoms with van der Waals surface area (Å²) in [7, 11) is 1.59. The second-order valence-electron chi connectivity index (χ2n) is 28.5. The van der Waals surface area contributed by atoms with Crippen LogP contribution in [0.15, 0.2) is 213 Å². The Labute approximate surface area is 642 Å². The van der Waals surface area contributed by atoms with Gasteiger partial charge >= 0.3 is 18.4 Å². The maximum Gasteiger partial charge on any atom is 0.434 e. The number of imidazole rings is 1. The lowest BCUT2D eigenvalue weighted by molar-refractivity contribution is -0.141. The maximum atomic E-state index is 16.0. The van der Waals surface area contributed by atoms with Crippen LogP contribution >= 0.6 is 46.4 Å². The first-order valence-electron chi connectivity index (χ1n) is 35.2. The molecule has 0 bridgehead atoms. The topological polar surface area (TPSA) is 189 Å². The quantitative estimate of drug-likeness (QED) is 0.0690. The number of halogens is 10. The first kappa shape index (κ1) is 74.4. The molecule has 109 heavy (non-hydrogen) atoms. The van der Waals surface area contributed by atoms with Crippen molar-refractivity contribution in [2.75, 3.05) is 31.1 Å². The van der Waals surface area contributed by atoms with Gasteiger partial charge < -0.3 is 34.4 Å². The van der Waals surface area contributed by atoms with Crippen LogP contribution in [0.4, 0.5) is 36.8 Å². The van der Waals surface area contributed by atoms with Crippen LogP contribution in [-0.4, -0.2) is 97.5 Å². The number of nitrogens with zero attached hydrogens (tertiary/aromatic N) is 10. The summed E-state index contributed by atoms with van der Waals surface area (Å²) in [6.45, 7) is 6.08. The van der Waals surface area contributed by atoms with Crippen molar-refractivity contribution in [2.45, 2.75) is 81.2 Å². The van der Waals surface area contributed by atoms with Gasteiger partial charge in [-0.1, -0.05) is 162 Å². The van der Waals surface area contributed by atoms with Crippen molar-refractivity contribution < 1.29 is 51.2 Å². The predicted molar refractivity (Wildman–Crippen MR) is 410 cm³/mol. The molecule has 25 heteroatoms. The standard InChI is InChI=1S/C84H68Cl4F6N10O5/c1-79(2,3)109-78(105)104-39-32-51(33-40-104)80(106,54-25-18-34-95-46-54)55-42-58-70(86)67(49-21-10-6-11-22-49)75(84(92,93)94)100-72(58)60(44-55)77-98-47-65(102(77)4)82(108,64-27-15-17-36-97-64)56-43-59-71(87)68(50-23-12-7-13-24-50)76(88)101-73(59)62(45-56)103-37-30-52(31-38-103)81(107,63-26-14-16-35-96-63)53-28-29-61-57(41-53)69(85)66(48-19-8-5-9-20-48)74(99-61)83(89,90)91/h5-29,34-36,41-47,51-52,106-108H,30-33,37-40H2,1-4H3. The van der Waals surface area contributed by atoms with Gasteiger partial charge in [0.05, 0.1) is 60.6 Å². The first-order valence-corrected chi connectivity index (χ1v) is 36.7. The fraction of sp³-hybridized carbons (Fsp3) is 0.238. The van der Waals surface area contributed by atoms with E-state index in [2.05, 4.69) is 15.0 Å². The molecular formula is C84H68Cl4F6N10O5. The smallest absolute Gasteiger partial charge is 0.434 e. The summed E-state index contributed by atoms with van der Waals surface area (Å²) in [5, 5.41) is 42.3. The van der Waals surface area contributed by atoms with E-state index in [1.807, 2.05) is 35.2 Å². The van der Waals surface area contributed by atoms with Crippen LogP contribution in [0.3, 0.4) is 0 Å². The van der Waals surface area contributed by atoms with Crippen molar-refractivity contribution in [1.82, 2.24) is 44.4 Å². The molecule has 3 unspecified atom stereocenters. The summed E-state index contributed by atoms with van der Waals surface area (Å²) >= 11 is 29.6. The summed E-state index contributed by atoms with van der Waals surface area (Å²) in [4.78, 5) is 49.8. The van der Waals surface area contributed by atoms with Gasteiger partial charge in [0.15, 0.2) is 17.0 Å². The highest BCUT2D eigenvalue weighted by Gasteiger charge is 2.49. The summed E-state index contributed by atoms with van der Waals surface area (Å²) in [5.41, 5.74) is -7.06. The number of carbonyl (C=O) groups is 1. The third kappa shape index (κ3) is 13.4. The van der Waals surface area contributed by atoms with Gasteiger partial charge in [-0.05, 0) is 152 Å². The number of anilines is 1. The minimum Gasteiger partial charge on any atom is -0.444 e. The van der Waals surface area contributed by atoms with Crippen LogP contribution in [0.2, 0.25) is 20.2 Å². The van der Waals surface area contributed by atoms with E-state index in [-0.39, 0.29) is 150 Å². The highest BCUT2D eigenvalue weighted by molar-refractivity contribution is 6.42. The monoisotopic (exact) mass is 1550 g/mol. The predicted octanol–water partition coefficient (Wildman–Crippen LogP) is 19.9. The zero-order chi connectivity index (χ0) is 76.7. The molecule has 2 aliphatic rings. The van der Waals surface area contributed by atoms with Crippen molar-refractivity contribution >= 4 is 90.9 Å². The lowest BCUT2D eigenvalue weighted by Crippen LogP contribution is -2.47. The maximum absolute atomic E-state index is 16.0. The van der Waals surface area contributed by atoms with E-state index in [4.69, 9.17) is 71.1 Å². The molecule has 6 aromatic carbocycles. The number of fused-ring (bicyclic) bond motifs is 3. The molecule has 0 saturated carbocycles. The molecule has 9 heterocycles. The van der Waals surface area contributed by atoms with Gasteiger partial charge in [0, 0.05) is 108 Å². The molecule has 0 spiro atoms. The van der Waals surface area contributed by atoms with Gasteiger partial charge in [-0.25, -0.2) is 24.7 Å². The Morgan fingerprint density at radius 1 is 0.495 bits per heavy atom. The third-order valence-corrected chi connectivity index (χ3v) is 22.3. The van der Waals surface area contributed by atoms with Crippen LogP contribution in [0, 0.1) is 11.8 Å².